The van der Waals surface area contributed by atoms with Gasteiger partial charge in [-0.3, -0.25) is 0 Å². The molecule has 1 unspecified atom stereocenters. The number of ether oxygens (including phenoxy) is 1. The molecule has 1 N–H and O–H groups in total. The first-order valence-corrected chi connectivity index (χ1v) is 6.82. The van der Waals surface area contributed by atoms with E-state index in [1.54, 1.807) is 7.11 Å². The summed E-state index contributed by atoms with van der Waals surface area (Å²) >= 11 is 2.10. The van der Waals surface area contributed by atoms with Crippen LogP contribution in [0.2, 0.25) is 0 Å². The van der Waals surface area contributed by atoms with E-state index < -0.39 is 0 Å². The molecule has 0 radical (unpaired) electrons. The third kappa shape index (κ3) is 4.67. The fourth-order valence-corrected chi connectivity index (χ4v) is 3.01. The molecule has 84 valence electrons. The van der Waals surface area contributed by atoms with Crippen LogP contribution in [0.5, 0.6) is 0 Å². The minimum absolute atomic E-state index is 0.551. The summed E-state index contributed by atoms with van der Waals surface area (Å²) in [6.45, 7) is 4.24. The minimum atomic E-state index is 0.551. The topological polar surface area (TPSA) is 21.3 Å². The lowest BCUT2D eigenvalue weighted by atomic mass is 10.0. The van der Waals surface area contributed by atoms with Crippen molar-refractivity contribution in [3.63, 3.8) is 0 Å². The Hall–Kier alpha value is 0.270. The maximum absolute atomic E-state index is 5.17. The number of hydrogen-bond acceptors (Lipinski definition) is 3. The van der Waals surface area contributed by atoms with Crippen LogP contribution in [-0.2, 0) is 4.74 Å². The normalized spacial score (nSPS) is 21.0. The van der Waals surface area contributed by atoms with E-state index in [-0.39, 0.29) is 0 Å². The number of methoxy groups -OCH3 is 1. The Morgan fingerprint density at radius 1 is 1.43 bits per heavy atom. The molecular formula is C11H23NOS. The smallest absolute Gasteiger partial charge is 0.0615 e. The summed E-state index contributed by atoms with van der Waals surface area (Å²) in [6.07, 6.45) is 3.94. The molecule has 0 aromatic carbocycles. The first kappa shape index (κ1) is 12.3. The van der Waals surface area contributed by atoms with Crippen LogP contribution < -0.4 is 5.32 Å². The summed E-state index contributed by atoms with van der Waals surface area (Å²) in [5.41, 5.74) is 0. The van der Waals surface area contributed by atoms with Gasteiger partial charge in [0.25, 0.3) is 0 Å². The van der Waals surface area contributed by atoms with Crippen molar-refractivity contribution in [2.75, 3.05) is 31.8 Å². The van der Waals surface area contributed by atoms with Crippen molar-refractivity contribution >= 4 is 11.8 Å². The zero-order valence-electron chi connectivity index (χ0n) is 9.42. The number of rotatable bonds is 6. The van der Waals surface area contributed by atoms with Gasteiger partial charge in [0.15, 0.2) is 0 Å². The molecular weight excluding hydrogens is 194 g/mol. The molecule has 0 saturated carbocycles. The van der Waals surface area contributed by atoms with Crippen molar-refractivity contribution < 1.29 is 4.74 Å². The van der Waals surface area contributed by atoms with Gasteiger partial charge in [-0.25, -0.2) is 0 Å². The second-order valence-corrected chi connectivity index (χ2v) is 5.25. The molecule has 1 fully saturated rings. The summed E-state index contributed by atoms with van der Waals surface area (Å²) in [6, 6.07) is 0.551. The van der Waals surface area contributed by atoms with E-state index in [4.69, 9.17) is 4.74 Å². The Labute approximate surface area is 92.2 Å². The SMILES string of the molecule is CCC(COC)NCC1CCSCC1. The molecule has 0 bridgehead atoms. The average molecular weight is 217 g/mol. The monoisotopic (exact) mass is 217 g/mol. The van der Waals surface area contributed by atoms with Gasteiger partial charge in [-0.2, -0.15) is 11.8 Å². The number of nitrogens with one attached hydrogen (secondary N) is 1. The van der Waals surface area contributed by atoms with Crippen molar-refractivity contribution in [3.05, 3.63) is 0 Å². The predicted molar refractivity (Wildman–Crippen MR) is 64.0 cm³/mol. The lowest BCUT2D eigenvalue weighted by molar-refractivity contribution is 0.161. The summed E-state index contributed by atoms with van der Waals surface area (Å²) in [4.78, 5) is 0. The van der Waals surface area contributed by atoms with E-state index in [9.17, 15) is 0 Å². The molecule has 0 spiro atoms. The molecule has 0 aromatic heterocycles. The largest absolute Gasteiger partial charge is 0.383 e. The highest BCUT2D eigenvalue weighted by atomic mass is 32.2. The van der Waals surface area contributed by atoms with Gasteiger partial charge in [-0.05, 0) is 43.2 Å². The van der Waals surface area contributed by atoms with Crippen LogP contribution in [0.4, 0.5) is 0 Å². The van der Waals surface area contributed by atoms with E-state index in [0.717, 1.165) is 18.9 Å². The summed E-state index contributed by atoms with van der Waals surface area (Å²) in [5.74, 6) is 3.61. The molecule has 0 aliphatic carbocycles. The molecule has 1 saturated heterocycles. The van der Waals surface area contributed by atoms with Gasteiger partial charge in [-0.15, -0.1) is 0 Å². The van der Waals surface area contributed by atoms with Gasteiger partial charge in [0, 0.05) is 13.2 Å². The maximum atomic E-state index is 5.17. The molecule has 1 rings (SSSR count). The Balaban J connectivity index is 2.10. The maximum Gasteiger partial charge on any atom is 0.0615 e. The van der Waals surface area contributed by atoms with Crippen molar-refractivity contribution in [1.82, 2.24) is 5.32 Å². The Bertz CT molecular complexity index is 132. The van der Waals surface area contributed by atoms with Crippen LogP contribution in [0.15, 0.2) is 0 Å². The molecule has 1 atom stereocenters. The van der Waals surface area contributed by atoms with E-state index in [1.165, 1.54) is 30.9 Å². The van der Waals surface area contributed by atoms with Crippen LogP contribution in [0.3, 0.4) is 0 Å². The summed E-state index contributed by atoms with van der Waals surface area (Å²) in [5, 5.41) is 3.61. The lowest BCUT2D eigenvalue weighted by Crippen LogP contribution is -2.37. The van der Waals surface area contributed by atoms with Gasteiger partial charge >= 0.3 is 0 Å². The lowest BCUT2D eigenvalue weighted by Gasteiger charge is -2.24. The quantitative estimate of drug-likeness (QED) is 0.736. The van der Waals surface area contributed by atoms with E-state index >= 15 is 0 Å². The van der Waals surface area contributed by atoms with Crippen LogP contribution >= 0.6 is 11.8 Å². The van der Waals surface area contributed by atoms with E-state index in [2.05, 4.69) is 24.0 Å². The zero-order valence-corrected chi connectivity index (χ0v) is 10.2. The second-order valence-electron chi connectivity index (χ2n) is 4.02. The summed E-state index contributed by atoms with van der Waals surface area (Å²) < 4.78 is 5.17. The molecule has 3 heteroatoms. The van der Waals surface area contributed by atoms with Gasteiger partial charge in [0.2, 0.25) is 0 Å². The Kier molecular flexibility index (Phi) is 6.65. The van der Waals surface area contributed by atoms with Crippen molar-refractivity contribution in [1.29, 1.82) is 0 Å². The standard InChI is InChI=1S/C11H23NOS/c1-3-11(9-13-2)12-8-10-4-6-14-7-5-10/h10-12H,3-9H2,1-2H3. The molecule has 1 heterocycles. The molecule has 2 nitrogen and oxygen atoms in total. The van der Waals surface area contributed by atoms with Crippen molar-refractivity contribution in [2.45, 2.75) is 32.2 Å². The highest BCUT2D eigenvalue weighted by molar-refractivity contribution is 7.99. The fourth-order valence-electron chi connectivity index (χ4n) is 1.81. The van der Waals surface area contributed by atoms with Crippen LogP contribution in [0.25, 0.3) is 0 Å². The Morgan fingerprint density at radius 3 is 2.71 bits per heavy atom. The van der Waals surface area contributed by atoms with Gasteiger partial charge in [0.05, 0.1) is 6.61 Å². The van der Waals surface area contributed by atoms with E-state index in [0.29, 0.717) is 6.04 Å². The zero-order chi connectivity index (χ0) is 10.2. The van der Waals surface area contributed by atoms with Crippen LogP contribution in [0, 0.1) is 5.92 Å². The summed E-state index contributed by atoms with van der Waals surface area (Å²) in [7, 11) is 1.78. The second kappa shape index (κ2) is 7.55. The van der Waals surface area contributed by atoms with Crippen LogP contribution in [0.1, 0.15) is 26.2 Å². The third-order valence-corrected chi connectivity index (χ3v) is 3.95. The van der Waals surface area contributed by atoms with Crippen molar-refractivity contribution in [2.24, 2.45) is 5.92 Å². The predicted octanol–water partition coefficient (Wildman–Crippen LogP) is 2.14. The van der Waals surface area contributed by atoms with E-state index in [1.807, 2.05) is 0 Å². The first-order chi connectivity index (χ1) is 6.86. The van der Waals surface area contributed by atoms with Gasteiger partial charge in [0.1, 0.15) is 0 Å². The van der Waals surface area contributed by atoms with Crippen LogP contribution in [-0.4, -0.2) is 37.8 Å². The number of thioether (sulfide) groups is 1. The fraction of sp³-hybridized carbons (Fsp3) is 1.00. The minimum Gasteiger partial charge on any atom is -0.383 e. The average Bonchev–Trinajstić information content (AvgIpc) is 2.25. The molecule has 14 heavy (non-hydrogen) atoms. The van der Waals surface area contributed by atoms with Crippen molar-refractivity contribution in [3.8, 4) is 0 Å². The van der Waals surface area contributed by atoms with Gasteiger partial charge in [-0.1, -0.05) is 6.92 Å². The molecule has 0 amide bonds. The molecule has 1 aliphatic heterocycles. The number of hydrogen-bond donors (Lipinski definition) is 1. The Morgan fingerprint density at radius 2 is 2.14 bits per heavy atom. The highest BCUT2D eigenvalue weighted by Gasteiger charge is 2.14. The highest BCUT2D eigenvalue weighted by Crippen LogP contribution is 2.21. The first-order valence-electron chi connectivity index (χ1n) is 5.66. The third-order valence-electron chi connectivity index (χ3n) is 2.90. The van der Waals surface area contributed by atoms with Gasteiger partial charge < -0.3 is 10.1 Å². The molecule has 0 aromatic rings. The molecule has 1 aliphatic rings.